The SMILES string of the molecule is CCC(c1ccc(N)cc1)c1ccc(S(=O)[O-])cc1. The second-order valence-corrected chi connectivity index (χ2v) is 5.37. The van der Waals surface area contributed by atoms with Crippen molar-refractivity contribution in [2.24, 2.45) is 0 Å². The Balaban J connectivity index is 2.31. The Bertz CT molecular complexity index is 564. The largest absolute Gasteiger partial charge is 0.768 e. The second-order valence-electron chi connectivity index (χ2n) is 4.43. The summed E-state index contributed by atoms with van der Waals surface area (Å²) in [5.41, 5.74) is 8.74. The van der Waals surface area contributed by atoms with Crippen LogP contribution in [0.2, 0.25) is 0 Å². The summed E-state index contributed by atoms with van der Waals surface area (Å²) in [6, 6.07) is 14.8. The zero-order valence-electron chi connectivity index (χ0n) is 10.7. The van der Waals surface area contributed by atoms with Crippen molar-refractivity contribution in [3.63, 3.8) is 0 Å². The Morgan fingerprint density at radius 1 is 1.05 bits per heavy atom. The molecule has 0 bridgehead atoms. The summed E-state index contributed by atoms with van der Waals surface area (Å²) in [4.78, 5) is 0.316. The molecule has 0 spiro atoms. The number of benzene rings is 2. The summed E-state index contributed by atoms with van der Waals surface area (Å²) in [6.45, 7) is 2.11. The Morgan fingerprint density at radius 3 is 1.95 bits per heavy atom. The van der Waals surface area contributed by atoms with E-state index in [1.807, 2.05) is 36.4 Å². The van der Waals surface area contributed by atoms with Gasteiger partial charge in [0.1, 0.15) is 0 Å². The van der Waals surface area contributed by atoms with Gasteiger partial charge in [-0.1, -0.05) is 31.2 Å². The van der Waals surface area contributed by atoms with E-state index in [0.717, 1.165) is 17.7 Å². The third-order valence-corrected chi connectivity index (χ3v) is 3.88. The molecule has 2 unspecified atom stereocenters. The molecule has 0 aliphatic carbocycles. The van der Waals surface area contributed by atoms with Crippen LogP contribution in [0.5, 0.6) is 0 Å². The fourth-order valence-corrected chi connectivity index (χ4v) is 2.56. The van der Waals surface area contributed by atoms with Crippen LogP contribution in [-0.4, -0.2) is 8.76 Å². The Labute approximate surface area is 115 Å². The molecular formula is C15H16NO2S-. The summed E-state index contributed by atoms with van der Waals surface area (Å²) < 4.78 is 21.7. The molecule has 2 atom stereocenters. The third-order valence-electron chi connectivity index (χ3n) is 3.22. The summed E-state index contributed by atoms with van der Waals surface area (Å²) in [5, 5.41) is 0. The van der Waals surface area contributed by atoms with Gasteiger partial charge in [-0.2, -0.15) is 0 Å². The van der Waals surface area contributed by atoms with Crippen LogP contribution in [0.15, 0.2) is 53.4 Å². The molecule has 0 amide bonds. The van der Waals surface area contributed by atoms with Gasteiger partial charge in [0.15, 0.2) is 0 Å². The molecule has 4 heteroatoms. The van der Waals surface area contributed by atoms with Gasteiger partial charge in [0.2, 0.25) is 0 Å². The van der Waals surface area contributed by atoms with Gasteiger partial charge in [0.25, 0.3) is 0 Å². The maximum atomic E-state index is 10.8. The minimum Gasteiger partial charge on any atom is -0.768 e. The first-order chi connectivity index (χ1) is 9.11. The van der Waals surface area contributed by atoms with Gasteiger partial charge in [-0.15, -0.1) is 0 Å². The summed E-state index contributed by atoms with van der Waals surface area (Å²) in [7, 11) is 0. The maximum Gasteiger partial charge on any atom is 0.0314 e. The molecule has 0 fully saturated rings. The highest BCUT2D eigenvalue weighted by atomic mass is 32.2. The number of hydrogen-bond acceptors (Lipinski definition) is 3. The summed E-state index contributed by atoms with van der Waals surface area (Å²) in [6.07, 6.45) is 0.948. The standard InChI is InChI=1S/C15H17NO2S/c1-2-15(11-3-7-13(16)8-4-11)12-5-9-14(10-6-12)19(17)18/h3-10,15H,2,16H2,1H3,(H,17,18)/p-1. The average Bonchev–Trinajstić information content (AvgIpc) is 2.42. The number of nitrogen functional groups attached to an aromatic ring is 1. The van der Waals surface area contributed by atoms with Crippen LogP contribution in [0.25, 0.3) is 0 Å². The van der Waals surface area contributed by atoms with Crippen LogP contribution < -0.4 is 5.73 Å². The average molecular weight is 274 g/mol. The van der Waals surface area contributed by atoms with Crippen molar-refractivity contribution >= 4 is 16.8 Å². The minimum absolute atomic E-state index is 0.259. The third kappa shape index (κ3) is 3.22. The van der Waals surface area contributed by atoms with Crippen molar-refractivity contribution in [1.29, 1.82) is 0 Å². The van der Waals surface area contributed by atoms with Crippen LogP contribution in [0.4, 0.5) is 5.69 Å². The van der Waals surface area contributed by atoms with Gasteiger partial charge in [-0.25, -0.2) is 0 Å². The lowest BCUT2D eigenvalue weighted by Gasteiger charge is -2.17. The van der Waals surface area contributed by atoms with E-state index >= 15 is 0 Å². The molecule has 100 valence electrons. The fourth-order valence-electron chi connectivity index (χ4n) is 2.20. The van der Waals surface area contributed by atoms with E-state index in [1.54, 1.807) is 12.1 Å². The molecule has 0 radical (unpaired) electrons. The van der Waals surface area contributed by atoms with Crippen molar-refractivity contribution in [3.8, 4) is 0 Å². The van der Waals surface area contributed by atoms with Gasteiger partial charge >= 0.3 is 0 Å². The van der Waals surface area contributed by atoms with Crippen molar-refractivity contribution in [1.82, 2.24) is 0 Å². The van der Waals surface area contributed by atoms with Crippen molar-refractivity contribution in [3.05, 3.63) is 59.7 Å². The molecule has 0 saturated carbocycles. The Hall–Kier alpha value is -1.65. The number of anilines is 1. The van der Waals surface area contributed by atoms with E-state index < -0.39 is 11.1 Å². The fraction of sp³-hybridized carbons (Fsp3) is 0.200. The van der Waals surface area contributed by atoms with E-state index in [1.165, 1.54) is 5.56 Å². The second kappa shape index (κ2) is 5.99. The van der Waals surface area contributed by atoms with Crippen molar-refractivity contribution in [2.45, 2.75) is 24.2 Å². The molecule has 0 aliphatic heterocycles. The number of hydrogen-bond donors (Lipinski definition) is 1. The molecule has 2 N–H and O–H groups in total. The van der Waals surface area contributed by atoms with E-state index in [0.29, 0.717) is 4.90 Å². The molecular weight excluding hydrogens is 258 g/mol. The predicted octanol–water partition coefficient (Wildman–Crippen LogP) is 3.05. The molecule has 2 aromatic carbocycles. The van der Waals surface area contributed by atoms with Gasteiger partial charge in [-0.05, 0) is 52.9 Å². The van der Waals surface area contributed by atoms with Crippen LogP contribution in [0.1, 0.15) is 30.4 Å². The molecule has 2 rings (SSSR count). The lowest BCUT2D eigenvalue weighted by Crippen LogP contribution is -2.00. The van der Waals surface area contributed by atoms with Crippen molar-refractivity contribution < 1.29 is 8.76 Å². The molecule has 0 aromatic heterocycles. The quantitative estimate of drug-likeness (QED) is 0.688. The van der Waals surface area contributed by atoms with Crippen LogP contribution in [-0.2, 0) is 11.1 Å². The lowest BCUT2D eigenvalue weighted by molar-refractivity contribution is 0.537. The number of rotatable bonds is 4. The zero-order chi connectivity index (χ0) is 13.8. The molecule has 0 aliphatic rings. The minimum atomic E-state index is -2.17. The monoisotopic (exact) mass is 274 g/mol. The van der Waals surface area contributed by atoms with Crippen LogP contribution in [0, 0.1) is 0 Å². The highest BCUT2D eigenvalue weighted by Crippen LogP contribution is 2.28. The van der Waals surface area contributed by atoms with E-state index in [4.69, 9.17) is 5.73 Å². The van der Waals surface area contributed by atoms with Crippen LogP contribution in [0.3, 0.4) is 0 Å². The number of nitrogens with two attached hydrogens (primary N) is 1. The first kappa shape index (κ1) is 13.8. The van der Waals surface area contributed by atoms with E-state index in [-0.39, 0.29) is 5.92 Å². The Morgan fingerprint density at radius 2 is 1.53 bits per heavy atom. The van der Waals surface area contributed by atoms with Gasteiger partial charge in [0, 0.05) is 16.5 Å². The van der Waals surface area contributed by atoms with Crippen molar-refractivity contribution in [2.75, 3.05) is 5.73 Å². The highest BCUT2D eigenvalue weighted by molar-refractivity contribution is 7.79. The highest BCUT2D eigenvalue weighted by Gasteiger charge is 2.11. The topological polar surface area (TPSA) is 66.2 Å². The van der Waals surface area contributed by atoms with Gasteiger partial charge in [0.05, 0.1) is 0 Å². The molecule has 19 heavy (non-hydrogen) atoms. The molecule has 0 heterocycles. The molecule has 3 nitrogen and oxygen atoms in total. The lowest BCUT2D eigenvalue weighted by atomic mass is 9.89. The first-order valence-electron chi connectivity index (χ1n) is 6.16. The first-order valence-corrected chi connectivity index (χ1v) is 7.24. The predicted molar refractivity (Wildman–Crippen MR) is 76.6 cm³/mol. The summed E-state index contributed by atoms with van der Waals surface area (Å²) >= 11 is -2.17. The molecule has 0 saturated heterocycles. The summed E-state index contributed by atoms with van der Waals surface area (Å²) in [5.74, 6) is 0.259. The normalized spacial score (nSPS) is 14.0. The molecule has 2 aromatic rings. The van der Waals surface area contributed by atoms with Crippen LogP contribution >= 0.6 is 0 Å². The smallest absolute Gasteiger partial charge is 0.0314 e. The maximum absolute atomic E-state index is 10.8. The van der Waals surface area contributed by atoms with Gasteiger partial charge < -0.3 is 10.3 Å². The Kier molecular flexibility index (Phi) is 4.35. The zero-order valence-corrected chi connectivity index (χ0v) is 11.5. The van der Waals surface area contributed by atoms with E-state index in [9.17, 15) is 8.76 Å². The van der Waals surface area contributed by atoms with E-state index in [2.05, 4.69) is 6.92 Å². The van der Waals surface area contributed by atoms with Gasteiger partial charge in [-0.3, -0.25) is 4.21 Å².